The van der Waals surface area contributed by atoms with E-state index in [1.165, 1.54) is 19.4 Å². The first-order valence-corrected chi connectivity index (χ1v) is 6.47. The van der Waals surface area contributed by atoms with Crippen molar-refractivity contribution in [3.8, 4) is 11.5 Å². The third-order valence-corrected chi connectivity index (χ3v) is 3.60. The van der Waals surface area contributed by atoms with Gasteiger partial charge in [-0.15, -0.1) is 24.8 Å². The van der Waals surface area contributed by atoms with Gasteiger partial charge in [0.25, 0.3) is 0 Å². The van der Waals surface area contributed by atoms with Crippen molar-refractivity contribution in [3.05, 3.63) is 18.2 Å². The van der Waals surface area contributed by atoms with Crippen molar-refractivity contribution >= 4 is 30.5 Å². The zero-order valence-corrected chi connectivity index (χ0v) is 13.6. The SMILES string of the molecule is COc1cc(OCCC2CCCN2C)ccc1N.Cl.Cl. The Labute approximate surface area is 133 Å². The van der Waals surface area contributed by atoms with Gasteiger partial charge in [0, 0.05) is 12.1 Å². The summed E-state index contributed by atoms with van der Waals surface area (Å²) < 4.78 is 10.9. The molecular formula is C14H24Cl2N2O2. The molecule has 0 radical (unpaired) electrons. The van der Waals surface area contributed by atoms with Gasteiger partial charge in [-0.2, -0.15) is 0 Å². The summed E-state index contributed by atoms with van der Waals surface area (Å²) in [6, 6.07) is 6.21. The molecule has 2 rings (SSSR count). The first kappa shape index (κ1) is 19.2. The molecule has 1 aromatic carbocycles. The van der Waals surface area contributed by atoms with Crippen LogP contribution in [0.15, 0.2) is 18.2 Å². The highest BCUT2D eigenvalue weighted by Gasteiger charge is 2.20. The van der Waals surface area contributed by atoms with Gasteiger partial charge in [-0.3, -0.25) is 0 Å². The number of nitrogen functional groups attached to an aromatic ring is 1. The second kappa shape index (κ2) is 9.16. The number of ether oxygens (including phenoxy) is 2. The Balaban J connectivity index is 0.00000180. The number of hydrogen-bond acceptors (Lipinski definition) is 4. The van der Waals surface area contributed by atoms with Crippen LogP contribution in [0.25, 0.3) is 0 Å². The molecule has 1 atom stereocenters. The minimum Gasteiger partial charge on any atom is -0.494 e. The van der Waals surface area contributed by atoms with Crippen LogP contribution in [0.5, 0.6) is 11.5 Å². The summed E-state index contributed by atoms with van der Waals surface area (Å²) >= 11 is 0. The van der Waals surface area contributed by atoms with Crippen LogP contribution in [-0.4, -0.2) is 38.3 Å². The Hall–Kier alpha value is -0.840. The summed E-state index contributed by atoms with van der Waals surface area (Å²) in [5.41, 5.74) is 6.40. The Morgan fingerprint density at radius 3 is 2.70 bits per heavy atom. The maximum Gasteiger partial charge on any atom is 0.145 e. The van der Waals surface area contributed by atoms with Gasteiger partial charge in [0.1, 0.15) is 11.5 Å². The van der Waals surface area contributed by atoms with E-state index in [0.717, 1.165) is 18.8 Å². The van der Waals surface area contributed by atoms with Gasteiger partial charge in [0.15, 0.2) is 0 Å². The van der Waals surface area contributed by atoms with E-state index >= 15 is 0 Å². The third kappa shape index (κ3) is 4.93. The topological polar surface area (TPSA) is 47.7 Å². The van der Waals surface area contributed by atoms with E-state index in [1.54, 1.807) is 7.11 Å². The van der Waals surface area contributed by atoms with Gasteiger partial charge in [-0.25, -0.2) is 0 Å². The van der Waals surface area contributed by atoms with Gasteiger partial charge < -0.3 is 20.1 Å². The van der Waals surface area contributed by atoms with Crippen LogP contribution in [-0.2, 0) is 0 Å². The molecule has 4 nitrogen and oxygen atoms in total. The van der Waals surface area contributed by atoms with E-state index in [9.17, 15) is 0 Å². The monoisotopic (exact) mass is 322 g/mol. The fourth-order valence-electron chi connectivity index (χ4n) is 2.44. The highest BCUT2D eigenvalue weighted by atomic mass is 35.5. The molecule has 1 aliphatic heterocycles. The lowest BCUT2D eigenvalue weighted by Gasteiger charge is -2.19. The number of methoxy groups -OCH3 is 1. The molecule has 6 heteroatoms. The first-order chi connectivity index (χ1) is 8.70. The molecule has 1 heterocycles. The van der Waals surface area contributed by atoms with Gasteiger partial charge in [-0.1, -0.05) is 0 Å². The smallest absolute Gasteiger partial charge is 0.145 e. The summed E-state index contributed by atoms with van der Waals surface area (Å²) in [4.78, 5) is 2.41. The molecule has 1 aliphatic rings. The highest BCUT2D eigenvalue weighted by Crippen LogP contribution is 2.27. The second-order valence-corrected chi connectivity index (χ2v) is 4.82. The third-order valence-electron chi connectivity index (χ3n) is 3.60. The minimum absolute atomic E-state index is 0. The molecule has 116 valence electrons. The van der Waals surface area contributed by atoms with Crippen LogP contribution in [0.3, 0.4) is 0 Å². The Kier molecular flexibility index (Phi) is 8.78. The number of likely N-dealkylation sites (tertiary alicyclic amines) is 1. The molecule has 0 spiro atoms. The summed E-state index contributed by atoms with van der Waals surface area (Å²) in [7, 11) is 3.80. The van der Waals surface area contributed by atoms with E-state index in [1.807, 2.05) is 18.2 Å². The number of halogens is 2. The highest BCUT2D eigenvalue weighted by molar-refractivity contribution is 5.85. The van der Waals surface area contributed by atoms with E-state index in [4.69, 9.17) is 15.2 Å². The van der Waals surface area contributed by atoms with E-state index < -0.39 is 0 Å². The largest absolute Gasteiger partial charge is 0.494 e. The summed E-state index contributed by atoms with van der Waals surface area (Å²) in [6.07, 6.45) is 3.66. The quantitative estimate of drug-likeness (QED) is 0.846. The van der Waals surface area contributed by atoms with Crippen LogP contribution in [0.4, 0.5) is 5.69 Å². The van der Waals surface area contributed by atoms with E-state index in [2.05, 4.69) is 11.9 Å². The summed E-state index contributed by atoms with van der Waals surface area (Å²) in [5, 5.41) is 0. The average Bonchev–Trinajstić information content (AvgIpc) is 2.77. The zero-order chi connectivity index (χ0) is 13.0. The van der Waals surface area contributed by atoms with Crippen molar-refractivity contribution in [2.24, 2.45) is 0 Å². The number of nitrogens with two attached hydrogens (primary N) is 1. The van der Waals surface area contributed by atoms with Crippen molar-refractivity contribution in [3.63, 3.8) is 0 Å². The van der Waals surface area contributed by atoms with Crippen LogP contribution >= 0.6 is 24.8 Å². The molecule has 0 bridgehead atoms. The molecule has 20 heavy (non-hydrogen) atoms. The Morgan fingerprint density at radius 1 is 1.35 bits per heavy atom. The maximum atomic E-state index is 5.76. The molecule has 0 aromatic heterocycles. The fraction of sp³-hybridized carbons (Fsp3) is 0.571. The second-order valence-electron chi connectivity index (χ2n) is 4.82. The normalized spacial score (nSPS) is 18.0. The van der Waals surface area contributed by atoms with Gasteiger partial charge in [-0.05, 0) is 45.0 Å². The van der Waals surface area contributed by atoms with Crippen molar-refractivity contribution in [1.82, 2.24) is 4.90 Å². The molecule has 0 saturated carbocycles. The number of rotatable bonds is 5. The van der Waals surface area contributed by atoms with Gasteiger partial charge in [0.05, 0.1) is 19.4 Å². The summed E-state index contributed by atoms with van der Waals surface area (Å²) in [6.45, 7) is 1.95. The minimum atomic E-state index is 0. The zero-order valence-electron chi connectivity index (χ0n) is 12.0. The Bertz CT molecular complexity index is 405. The predicted octanol–water partition coefficient (Wildman–Crippen LogP) is 2.98. The lowest BCUT2D eigenvalue weighted by molar-refractivity contribution is 0.233. The lowest BCUT2D eigenvalue weighted by Crippen LogP contribution is -2.26. The standard InChI is InChI=1S/C14H22N2O2.2ClH/c1-16-8-3-4-11(16)7-9-18-12-5-6-13(15)14(10-12)17-2;;/h5-6,10-11H,3-4,7-9,15H2,1-2H3;2*1H. The lowest BCUT2D eigenvalue weighted by atomic mass is 10.1. The summed E-state index contributed by atoms with van der Waals surface area (Å²) in [5.74, 6) is 1.49. The van der Waals surface area contributed by atoms with E-state index in [0.29, 0.717) is 17.5 Å². The number of anilines is 1. The van der Waals surface area contributed by atoms with Crippen molar-refractivity contribution in [1.29, 1.82) is 0 Å². The van der Waals surface area contributed by atoms with Crippen LogP contribution in [0.2, 0.25) is 0 Å². The van der Waals surface area contributed by atoms with Crippen molar-refractivity contribution < 1.29 is 9.47 Å². The molecule has 0 amide bonds. The molecule has 2 N–H and O–H groups in total. The molecule has 0 aliphatic carbocycles. The van der Waals surface area contributed by atoms with E-state index in [-0.39, 0.29) is 24.8 Å². The van der Waals surface area contributed by atoms with Crippen LogP contribution in [0, 0.1) is 0 Å². The number of nitrogens with zero attached hydrogens (tertiary/aromatic N) is 1. The fourth-order valence-corrected chi connectivity index (χ4v) is 2.44. The van der Waals surface area contributed by atoms with Crippen molar-refractivity contribution in [2.75, 3.05) is 33.0 Å². The van der Waals surface area contributed by atoms with Gasteiger partial charge >= 0.3 is 0 Å². The molecule has 1 saturated heterocycles. The maximum absolute atomic E-state index is 5.76. The number of benzene rings is 1. The first-order valence-electron chi connectivity index (χ1n) is 6.47. The molecule has 1 unspecified atom stereocenters. The van der Waals surface area contributed by atoms with Crippen LogP contribution < -0.4 is 15.2 Å². The van der Waals surface area contributed by atoms with Crippen LogP contribution in [0.1, 0.15) is 19.3 Å². The number of hydrogen-bond donors (Lipinski definition) is 1. The molecular weight excluding hydrogens is 299 g/mol. The Morgan fingerprint density at radius 2 is 2.10 bits per heavy atom. The predicted molar refractivity (Wildman–Crippen MR) is 87.7 cm³/mol. The molecule has 1 fully saturated rings. The van der Waals surface area contributed by atoms with Gasteiger partial charge in [0.2, 0.25) is 0 Å². The average molecular weight is 323 g/mol. The van der Waals surface area contributed by atoms with Crippen molar-refractivity contribution in [2.45, 2.75) is 25.3 Å². The molecule has 1 aromatic rings.